The number of aromatic nitrogens is 2. The Morgan fingerprint density at radius 2 is 2.15 bits per heavy atom. The summed E-state index contributed by atoms with van der Waals surface area (Å²) in [5.74, 6) is 0.943. The van der Waals surface area contributed by atoms with Gasteiger partial charge in [-0.1, -0.05) is 42.6 Å². The van der Waals surface area contributed by atoms with Crippen LogP contribution in [0.15, 0.2) is 22.7 Å². The van der Waals surface area contributed by atoms with Crippen molar-refractivity contribution in [2.75, 3.05) is 5.32 Å². The number of nitrogens with one attached hydrogen (secondary N) is 2. The van der Waals surface area contributed by atoms with Gasteiger partial charge >= 0.3 is 0 Å². The predicted molar refractivity (Wildman–Crippen MR) is 88.7 cm³/mol. The lowest BCUT2D eigenvalue weighted by molar-refractivity contribution is 0.760. The molecule has 0 saturated carbocycles. The van der Waals surface area contributed by atoms with Gasteiger partial charge in [-0.3, -0.25) is 0 Å². The third-order valence-corrected chi connectivity index (χ3v) is 4.66. The molecule has 0 aliphatic heterocycles. The number of hydrogen-bond acceptors (Lipinski definition) is 2. The lowest BCUT2D eigenvalue weighted by Gasteiger charge is -2.08. The quantitative estimate of drug-likeness (QED) is 0.705. The third-order valence-electron chi connectivity index (χ3n) is 2.95. The Hall–Kier alpha value is -0.710. The number of nitrogens with zero attached hydrogens (tertiary/aromatic N) is 1. The number of aromatic amines is 1. The summed E-state index contributed by atoms with van der Waals surface area (Å²) in [4.78, 5) is 7.60. The van der Waals surface area contributed by atoms with Crippen LogP contribution in [-0.4, -0.2) is 9.97 Å². The molecule has 0 spiro atoms. The summed E-state index contributed by atoms with van der Waals surface area (Å²) in [7, 11) is 0. The number of aryl methyl sites for hydroxylation is 1. The molecule has 0 unspecified atom stereocenters. The van der Waals surface area contributed by atoms with Crippen LogP contribution in [0.25, 0.3) is 0 Å². The Labute approximate surface area is 137 Å². The minimum Gasteiger partial charge on any atom is -0.378 e. The normalized spacial score (nSPS) is 10.8. The molecule has 1 aromatic carbocycles. The lowest BCUT2D eigenvalue weighted by atomic mass is 10.2. The van der Waals surface area contributed by atoms with Gasteiger partial charge in [0, 0.05) is 6.42 Å². The summed E-state index contributed by atoms with van der Waals surface area (Å²) in [6.45, 7) is 2.74. The van der Waals surface area contributed by atoms with Gasteiger partial charge in [0.05, 0.1) is 27.4 Å². The summed E-state index contributed by atoms with van der Waals surface area (Å²) >= 11 is 15.7. The monoisotopic (exact) mass is 375 g/mol. The van der Waals surface area contributed by atoms with Gasteiger partial charge < -0.3 is 10.3 Å². The standard InChI is InChI=1S/C14H16BrCl2N3/c1-2-3-7-12-19-11(14(17)20-12)8-18-10-6-4-5-9(16)13(10)15/h4-6,18H,2-3,7-8H2,1H3,(H,19,20). The molecule has 0 aliphatic carbocycles. The van der Waals surface area contributed by atoms with Crippen LogP contribution in [0.3, 0.4) is 0 Å². The van der Waals surface area contributed by atoms with Crippen LogP contribution in [0.1, 0.15) is 31.3 Å². The number of hydrogen-bond donors (Lipinski definition) is 2. The molecule has 0 amide bonds. The van der Waals surface area contributed by atoms with Crippen molar-refractivity contribution < 1.29 is 0 Å². The fraction of sp³-hybridized carbons (Fsp3) is 0.357. The summed E-state index contributed by atoms with van der Waals surface area (Å²) in [5, 5.41) is 4.50. The minimum atomic E-state index is 0.529. The van der Waals surface area contributed by atoms with Crippen molar-refractivity contribution >= 4 is 44.8 Å². The predicted octanol–water partition coefficient (Wildman–Crippen LogP) is 5.43. The van der Waals surface area contributed by atoms with E-state index in [2.05, 4.69) is 38.1 Å². The highest BCUT2D eigenvalue weighted by atomic mass is 79.9. The van der Waals surface area contributed by atoms with Gasteiger partial charge in [-0.2, -0.15) is 0 Å². The largest absolute Gasteiger partial charge is 0.378 e. The summed E-state index contributed by atoms with van der Waals surface area (Å²) in [6.07, 6.45) is 3.18. The highest BCUT2D eigenvalue weighted by Gasteiger charge is 2.09. The summed E-state index contributed by atoms with van der Waals surface area (Å²) < 4.78 is 0.850. The van der Waals surface area contributed by atoms with Crippen molar-refractivity contribution in [3.8, 4) is 0 Å². The summed E-state index contributed by atoms with van der Waals surface area (Å²) in [5.41, 5.74) is 1.82. The zero-order valence-corrected chi connectivity index (χ0v) is 14.2. The van der Waals surface area contributed by atoms with Crippen molar-refractivity contribution in [1.82, 2.24) is 9.97 Å². The Balaban J connectivity index is 2.03. The van der Waals surface area contributed by atoms with Crippen LogP contribution in [0.4, 0.5) is 5.69 Å². The average Bonchev–Trinajstić information content (AvgIpc) is 2.79. The first kappa shape index (κ1) is 15.7. The molecule has 20 heavy (non-hydrogen) atoms. The molecular weight excluding hydrogens is 361 g/mol. The molecule has 0 saturated heterocycles. The molecule has 6 heteroatoms. The van der Waals surface area contributed by atoms with E-state index < -0.39 is 0 Å². The first-order valence-electron chi connectivity index (χ1n) is 6.53. The van der Waals surface area contributed by atoms with E-state index in [1.54, 1.807) is 0 Å². The number of benzene rings is 1. The van der Waals surface area contributed by atoms with E-state index in [-0.39, 0.29) is 0 Å². The zero-order valence-electron chi connectivity index (χ0n) is 11.1. The number of unbranched alkanes of at least 4 members (excludes halogenated alkanes) is 1. The second kappa shape index (κ2) is 7.34. The molecule has 0 radical (unpaired) electrons. The van der Waals surface area contributed by atoms with E-state index in [1.165, 1.54) is 0 Å². The van der Waals surface area contributed by atoms with Crippen LogP contribution in [0.5, 0.6) is 0 Å². The lowest BCUT2D eigenvalue weighted by Crippen LogP contribution is -2.01. The first-order chi connectivity index (χ1) is 9.61. The van der Waals surface area contributed by atoms with Crippen LogP contribution in [0, 0.1) is 0 Å². The highest BCUT2D eigenvalue weighted by Crippen LogP contribution is 2.30. The molecule has 1 heterocycles. The molecular formula is C14H16BrCl2N3. The number of halogens is 3. The highest BCUT2D eigenvalue weighted by molar-refractivity contribution is 9.10. The smallest absolute Gasteiger partial charge is 0.152 e. The second-order valence-electron chi connectivity index (χ2n) is 4.51. The number of imidazole rings is 1. The van der Waals surface area contributed by atoms with E-state index in [0.717, 1.165) is 40.9 Å². The van der Waals surface area contributed by atoms with Gasteiger partial charge in [0.1, 0.15) is 5.82 Å². The van der Waals surface area contributed by atoms with Crippen LogP contribution in [-0.2, 0) is 13.0 Å². The maximum Gasteiger partial charge on any atom is 0.152 e. The van der Waals surface area contributed by atoms with Gasteiger partial charge in [0.2, 0.25) is 0 Å². The minimum absolute atomic E-state index is 0.529. The Kier molecular flexibility index (Phi) is 5.75. The van der Waals surface area contributed by atoms with Crippen LogP contribution >= 0.6 is 39.1 Å². The third kappa shape index (κ3) is 3.90. The fourth-order valence-corrected chi connectivity index (χ4v) is 2.64. The van der Waals surface area contributed by atoms with Crippen molar-refractivity contribution in [3.05, 3.63) is 44.4 Å². The molecule has 1 aromatic heterocycles. The van der Waals surface area contributed by atoms with Gasteiger partial charge in [-0.25, -0.2) is 4.98 Å². The van der Waals surface area contributed by atoms with Gasteiger partial charge in [-0.05, 0) is 34.5 Å². The van der Waals surface area contributed by atoms with Gasteiger partial charge in [0.25, 0.3) is 0 Å². The topological polar surface area (TPSA) is 40.7 Å². The molecule has 2 rings (SSSR count). The van der Waals surface area contributed by atoms with Gasteiger partial charge in [-0.15, -0.1) is 0 Å². The van der Waals surface area contributed by atoms with E-state index in [9.17, 15) is 0 Å². The SMILES string of the molecule is CCCCc1nc(Cl)c(CNc2cccc(Cl)c2Br)[nH]1. The summed E-state index contributed by atoms with van der Waals surface area (Å²) in [6, 6.07) is 5.69. The van der Waals surface area contributed by atoms with E-state index in [4.69, 9.17) is 23.2 Å². The molecule has 108 valence electrons. The van der Waals surface area contributed by atoms with Crippen molar-refractivity contribution in [2.45, 2.75) is 32.7 Å². The molecule has 2 N–H and O–H groups in total. The van der Waals surface area contributed by atoms with Crippen molar-refractivity contribution in [3.63, 3.8) is 0 Å². The molecule has 0 fully saturated rings. The molecule has 2 aromatic rings. The molecule has 0 atom stereocenters. The molecule has 0 bridgehead atoms. The molecule has 0 aliphatic rings. The number of H-pyrrole nitrogens is 1. The second-order valence-corrected chi connectivity index (χ2v) is 6.07. The zero-order chi connectivity index (χ0) is 14.5. The van der Waals surface area contributed by atoms with E-state index in [0.29, 0.717) is 16.7 Å². The Bertz CT molecular complexity index is 584. The van der Waals surface area contributed by atoms with Crippen molar-refractivity contribution in [1.29, 1.82) is 0 Å². The Morgan fingerprint density at radius 1 is 1.35 bits per heavy atom. The van der Waals surface area contributed by atoms with Crippen LogP contribution in [0.2, 0.25) is 10.2 Å². The van der Waals surface area contributed by atoms with E-state index in [1.807, 2.05) is 18.2 Å². The van der Waals surface area contributed by atoms with Crippen LogP contribution < -0.4 is 5.32 Å². The van der Waals surface area contributed by atoms with Gasteiger partial charge in [0.15, 0.2) is 5.15 Å². The maximum absolute atomic E-state index is 6.14. The average molecular weight is 377 g/mol. The number of anilines is 1. The number of rotatable bonds is 6. The van der Waals surface area contributed by atoms with E-state index >= 15 is 0 Å². The Morgan fingerprint density at radius 3 is 2.90 bits per heavy atom. The molecule has 3 nitrogen and oxygen atoms in total. The maximum atomic E-state index is 6.14. The first-order valence-corrected chi connectivity index (χ1v) is 8.07. The van der Waals surface area contributed by atoms with Crippen molar-refractivity contribution in [2.24, 2.45) is 0 Å². The fourth-order valence-electron chi connectivity index (χ4n) is 1.84.